The molecule has 0 amide bonds. The Morgan fingerprint density at radius 1 is 1.31 bits per heavy atom. The summed E-state index contributed by atoms with van der Waals surface area (Å²) in [6, 6.07) is 8.66. The zero-order valence-corrected chi connectivity index (χ0v) is 18.1. The van der Waals surface area contributed by atoms with Gasteiger partial charge in [0.2, 0.25) is 0 Å². The van der Waals surface area contributed by atoms with Crippen LogP contribution in [0.4, 0.5) is 0 Å². The van der Waals surface area contributed by atoms with Crippen LogP contribution in [0, 0.1) is 5.92 Å². The third-order valence-electron chi connectivity index (χ3n) is 6.09. The van der Waals surface area contributed by atoms with Crippen molar-refractivity contribution in [2.24, 2.45) is 10.9 Å². The lowest BCUT2D eigenvalue weighted by Crippen LogP contribution is -2.43. The predicted octanol–water partition coefficient (Wildman–Crippen LogP) is 3.72. The molecule has 1 saturated heterocycles. The largest absolute Gasteiger partial charge is 0.355 e. The number of hydrogen-bond donors (Lipinski definition) is 1. The second-order valence-electron chi connectivity index (χ2n) is 7.75. The minimum Gasteiger partial charge on any atom is -0.355 e. The van der Waals surface area contributed by atoms with Gasteiger partial charge in [0.25, 0.3) is 0 Å². The molecule has 1 unspecified atom stereocenters. The fourth-order valence-corrected chi connectivity index (χ4v) is 4.89. The number of nitrogens with one attached hydrogen (secondary N) is 1. The summed E-state index contributed by atoms with van der Waals surface area (Å²) >= 11 is 3.73. The molecule has 1 N–H and O–H groups in total. The summed E-state index contributed by atoms with van der Waals surface area (Å²) in [5, 5.41) is 3.68. The van der Waals surface area contributed by atoms with Crippen molar-refractivity contribution in [3.05, 3.63) is 34.3 Å². The Hall–Kier alpha value is -1.07. The quantitative estimate of drug-likeness (QED) is 0.538. The molecule has 1 aliphatic carbocycles. The van der Waals surface area contributed by atoms with Gasteiger partial charge in [-0.1, -0.05) is 48.0 Å². The molecule has 144 valence electrons. The van der Waals surface area contributed by atoms with Gasteiger partial charge in [0, 0.05) is 43.1 Å². The average molecular weight is 421 g/mol. The summed E-state index contributed by atoms with van der Waals surface area (Å²) in [6.45, 7) is 11.2. The lowest BCUT2D eigenvalue weighted by molar-refractivity contribution is 0.255. The molecule has 3 rings (SSSR count). The van der Waals surface area contributed by atoms with E-state index in [0.29, 0.717) is 0 Å². The van der Waals surface area contributed by atoms with Gasteiger partial charge < -0.3 is 15.1 Å². The zero-order valence-electron chi connectivity index (χ0n) is 16.5. The highest BCUT2D eigenvalue weighted by Gasteiger charge is 2.45. The van der Waals surface area contributed by atoms with Crippen LogP contribution in [-0.4, -0.2) is 62.1 Å². The summed E-state index contributed by atoms with van der Waals surface area (Å²) in [5.74, 6) is 1.83. The molecular weight excluding hydrogens is 388 g/mol. The van der Waals surface area contributed by atoms with Crippen LogP contribution in [0.5, 0.6) is 0 Å². The molecule has 0 bridgehead atoms. The highest BCUT2D eigenvalue weighted by atomic mass is 79.9. The number of nitrogens with zero attached hydrogens (tertiary/aromatic N) is 3. The third kappa shape index (κ3) is 4.42. The molecule has 0 spiro atoms. The second-order valence-corrected chi connectivity index (χ2v) is 8.60. The monoisotopic (exact) mass is 420 g/mol. The lowest BCUT2D eigenvalue weighted by Gasteiger charge is -2.26. The smallest absolute Gasteiger partial charge is 0.193 e. The van der Waals surface area contributed by atoms with Crippen molar-refractivity contribution in [2.45, 2.75) is 38.5 Å². The molecule has 2 fully saturated rings. The SMILES string of the molecule is CCN(CC)CC1CCN(C(=NC)NCC2(c3ccccc3Br)CC2)C1. The first-order chi connectivity index (χ1) is 12.6. The highest BCUT2D eigenvalue weighted by molar-refractivity contribution is 9.10. The van der Waals surface area contributed by atoms with Gasteiger partial charge >= 0.3 is 0 Å². The summed E-state index contributed by atoms with van der Waals surface area (Å²) in [4.78, 5) is 9.56. The van der Waals surface area contributed by atoms with Crippen LogP contribution in [0.15, 0.2) is 33.7 Å². The summed E-state index contributed by atoms with van der Waals surface area (Å²) in [6.07, 6.45) is 3.78. The van der Waals surface area contributed by atoms with E-state index in [1.807, 2.05) is 7.05 Å². The maximum absolute atomic E-state index is 4.58. The predicted molar refractivity (Wildman–Crippen MR) is 114 cm³/mol. The number of hydrogen-bond acceptors (Lipinski definition) is 2. The van der Waals surface area contributed by atoms with Crippen molar-refractivity contribution < 1.29 is 0 Å². The van der Waals surface area contributed by atoms with E-state index < -0.39 is 0 Å². The maximum atomic E-state index is 4.58. The first-order valence-electron chi connectivity index (χ1n) is 10.0. The Morgan fingerprint density at radius 2 is 2.04 bits per heavy atom. The number of aliphatic imine (C=N–C) groups is 1. The van der Waals surface area contributed by atoms with Crippen molar-refractivity contribution in [1.29, 1.82) is 0 Å². The van der Waals surface area contributed by atoms with Gasteiger partial charge in [0.1, 0.15) is 0 Å². The fourth-order valence-electron chi connectivity index (χ4n) is 4.19. The average Bonchev–Trinajstić information content (AvgIpc) is 3.30. The van der Waals surface area contributed by atoms with Gasteiger partial charge in [-0.15, -0.1) is 0 Å². The van der Waals surface area contributed by atoms with E-state index in [9.17, 15) is 0 Å². The van der Waals surface area contributed by atoms with E-state index >= 15 is 0 Å². The van der Waals surface area contributed by atoms with E-state index in [1.165, 1.54) is 35.8 Å². The minimum absolute atomic E-state index is 0.274. The molecule has 26 heavy (non-hydrogen) atoms. The Morgan fingerprint density at radius 3 is 2.65 bits per heavy atom. The van der Waals surface area contributed by atoms with Crippen molar-refractivity contribution in [3.63, 3.8) is 0 Å². The Labute approximate surface area is 167 Å². The summed E-state index contributed by atoms with van der Waals surface area (Å²) in [7, 11) is 1.91. The van der Waals surface area contributed by atoms with E-state index in [-0.39, 0.29) is 5.41 Å². The minimum atomic E-state index is 0.274. The Balaban J connectivity index is 1.55. The summed E-state index contributed by atoms with van der Waals surface area (Å²) in [5.41, 5.74) is 1.71. The number of rotatable bonds is 7. The first-order valence-corrected chi connectivity index (χ1v) is 10.8. The third-order valence-corrected chi connectivity index (χ3v) is 6.78. The van der Waals surface area contributed by atoms with Crippen LogP contribution in [0.3, 0.4) is 0 Å². The molecular formula is C21H33BrN4. The summed E-state index contributed by atoms with van der Waals surface area (Å²) < 4.78 is 1.23. The topological polar surface area (TPSA) is 30.9 Å². The maximum Gasteiger partial charge on any atom is 0.193 e. The Kier molecular flexibility index (Phi) is 6.62. The van der Waals surface area contributed by atoms with Crippen LogP contribution >= 0.6 is 15.9 Å². The Bertz CT molecular complexity index is 622. The molecule has 1 aliphatic heterocycles. The molecule has 4 nitrogen and oxygen atoms in total. The standard InChI is InChI=1S/C21H33BrN4/c1-4-25(5-2)14-17-10-13-26(15-17)20(23-3)24-16-21(11-12-21)18-8-6-7-9-19(18)22/h6-9,17H,4-5,10-16H2,1-3H3,(H,23,24). The van der Waals surface area contributed by atoms with Gasteiger partial charge in [0.05, 0.1) is 0 Å². The highest BCUT2D eigenvalue weighted by Crippen LogP contribution is 2.49. The lowest BCUT2D eigenvalue weighted by atomic mass is 9.96. The van der Waals surface area contributed by atoms with Crippen molar-refractivity contribution in [1.82, 2.24) is 15.1 Å². The van der Waals surface area contributed by atoms with Crippen molar-refractivity contribution in [2.75, 3.05) is 46.3 Å². The van der Waals surface area contributed by atoms with Gasteiger partial charge in [-0.3, -0.25) is 4.99 Å². The molecule has 5 heteroatoms. The normalized spacial score (nSPS) is 22.1. The van der Waals surface area contributed by atoms with E-state index in [0.717, 1.165) is 44.6 Å². The van der Waals surface area contributed by atoms with E-state index in [2.05, 4.69) is 74.2 Å². The number of guanidine groups is 1. The van der Waals surface area contributed by atoms with Crippen molar-refractivity contribution in [3.8, 4) is 0 Å². The molecule has 2 aliphatic rings. The molecule has 1 aromatic carbocycles. The number of benzene rings is 1. The van der Waals surface area contributed by atoms with Gasteiger partial charge in [-0.2, -0.15) is 0 Å². The molecule has 0 radical (unpaired) electrons. The van der Waals surface area contributed by atoms with Gasteiger partial charge in [0.15, 0.2) is 5.96 Å². The first kappa shape index (κ1) is 19.7. The van der Waals surface area contributed by atoms with Crippen LogP contribution < -0.4 is 5.32 Å². The molecule has 1 heterocycles. The molecule has 1 aromatic rings. The fraction of sp³-hybridized carbons (Fsp3) is 0.667. The van der Waals surface area contributed by atoms with E-state index in [1.54, 1.807) is 0 Å². The van der Waals surface area contributed by atoms with Crippen LogP contribution in [0.1, 0.15) is 38.7 Å². The number of likely N-dealkylation sites (tertiary alicyclic amines) is 1. The van der Waals surface area contributed by atoms with Crippen LogP contribution in [-0.2, 0) is 5.41 Å². The zero-order chi connectivity index (χ0) is 18.6. The van der Waals surface area contributed by atoms with E-state index in [4.69, 9.17) is 0 Å². The molecule has 1 atom stereocenters. The van der Waals surface area contributed by atoms with Crippen molar-refractivity contribution >= 4 is 21.9 Å². The van der Waals surface area contributed by atoms with Gasteiger partial charge in [-0.25, -0.2) is 0 Å². The van der Waals surface area contributed by atoms with Crippen LogP contribution in [0.25, 0.3) is 0 Å². The number of halogens is 1. The van der Waals surface area contributed by atoms with Crippen LogP contribution in [0.2, 0.25) is 0 Å². The second kappa shape index (κ2) is 8.75. The molecule has 1 saturated carbocycles. The van der Waals surface area contributed by atoms with Gasteiger partial charge in [-0.05, 0) is 49.9 Å². The molecule has 0 aromatic heterocycles.